The Labute approximate surface area is 242 Å². The monoisotopic (exact) mass is 560 g/mol. The number of methoxy groups -OCH3 is 1. The number of rotatable bonds is 11. The SMILES string of the molecule is COCOc1cc(N2CCc3c(nc(O[C@H](C)CN(C)C)nc3N3CCN(C=CC=O)CC3)C2)c2ccccc2c1. The molecule has 0 bridgehead atoms. The van der Waals surface area contributed by atoms with Crippen LogP contribution in [0, 0.1) is 0 Å². The Morgan fingerprint density at radius 3 is 2.61 bits per heavy atom. The highest BCUT2D eigenvalue weighted by Crippen LogP contribution is 2.37. The number of carbonyl (C=O) groups is 1. The number of carbonyl (C=O) groups excluding carboxylic acids is 1. The van der Waals surface area contributed by atoms with Crippen LogP contribution in [0.15, 0.2) is 48.7 Å². The Bertz CT molecular complexity index is 1370. The minimum Gasteiger partial charge on any atom is -0.467 e. The van der Waals surface area contributed by atoms with E-state index in [-0.39, 0.29) is 12.9 Å². The van der Waals surface area contributed by atoms with Gasteiger partial charge < -0.3 is 33.8 Å². The zero-order valence-electron chi connectivity index (χ0n) is 24.5. The molecule has 10 heteroatoms. The van der Waals surface area contributed by atoms with E-state index in [1.807, 2.05) is 33.3 Å². The molecule has 3 aromatic rings. The van der Waals surface area contributed by atoms with Crippen LogP contribution < -0.4 is 19.3 Å². The van der Waals surface area contributed by atoms with E-state index in [0.717, 1.165) is 80.3 Å². The number of benzene rings is 2. The fourth-order valence-corrected chi connectivity index (χ4v) is 5.62. The van der Waals surface area contributed by atoms with Crippen LogP contribution in [0.4, 0.5) is 11.5 Å². The van der Waals surface area contributed by atoms with E-state index < -0.39 is 0 Å². The van der Waals surface area contributed by atoms with Gasteiger partial charge in [0, 0.05) is 75.3 Å². The predicted molar refractivity (Wildman–Crippen MR) is 161 cm³/mol. The molecular weight excluding hydrogens is 520 g/mol. The topological polar surface area (TPSA) is 83.5 Å². The van der Waals surface area contributed by atoms with Gasteiger partial charge in [0.05, 0.1) is 12.2 Å². The number of hydrogen-bond acceptors (Lipinski definition) is 10. The normalized spacial score (nSPS) is 16.4. The summed E-state index contributed by atoms with van der Waals surface area (Å²) in [5.41, 5.74) is 3.28. The molecular formula is C31H40N6O4. The molecule has 0 N–H and O–H groups in total. The van der Waals surface area contributed by atoms with Gasteiger partial charge in [0.1, 0.15) is 24.0 Å². The van der Waals surface area contributed by atoms with E-state index in [2.05, 4.69) is 49.9 Å². The Kier molecular flexibility index (Phi) is 9.21. The fourth-order valence-electron chi connectivity index (χ4n) is 5.62. The number of fused-ring (bicyclic) bond motifs is 2. The first-order valence-electron chi connectivity index (χ1n) is 14.2. The number of hydrogen-bond donors (Lipinski definition) is 0. The average Bonchev–Trinajstić information content (AvgIpc) is 2.97. The highest BCUT2D eigenvalue weighted by Gasteiger charge is 2.28. The lowest BCUT2D eigenvalue weighted by Gasteiger charge is -2.38. The van der Waals surface area contributed by atoms with Crippen molar-refractivity contribution in [3.8, 4) is 11.8 Å². The van der Waals surface area contributed by atoms with Crippen molar-refractivity contribution in [1.82, 2.24) is 19.8 Å². The summed E-state index contributed by atoms with van der Waals surface area (Å²) in [6.07, 6.45) is 5.00. The van der Waals surface area contributed by atoms with Crippen molar-refractivity contribution in [2.75, 3.05) is 77.1 Å². The summed E-state index contributed by atoms with van der Waals surface area (Å²) < 4.78 is 17.3. The van der Waals surface area contributed by atoms with E-state index in [9.17, 15) is 4.79 Å². The third kappa shape index (κ3) is 6.89. The van der Waals surface area contributed by atoms with Crippen molar-refractivity contribution in [1.29, 1.82) is 0 Å². The highest BCUT2D eigenvalue weighted by atomic mass is 16.7. The van der Waals surface area contributed by atoms with Crippen molar-refractivity contribution < 1.29 is 19.0 Å². The molecule has 218 valence electrons. The molecule has 0 unspecified atom stereocenters. The van der Waals surface area contributed by atoms with Gasteiger partial charge in [0.25, 0.3) is 0 Å². The maximum absolute atomic E-state index is 10.8. The van der Waals surface area contributed by atoms with Gasteiger partial charge in [-0.3, -0.25) is 4.79 Å². The van der Waals surface area contributed by atoms with Crippen LogP contribution >= 0.6 is 0 Å². The molecule has 0 aliphatic carbocycles. The second kappa shape index (κ2) is 13.2. The largest absolute Gasteiger partial charge is 0.467 e. The molecule has 1 saturated heterocycles. The molecule has 41 heavy (non-hydrogen) atoms. The number of aldehydes is 1. The van der Waals surface area contributed by atoms with Crippen molar-refractivity contribution in [3.05, 3.63) is 59.9 Å². The number of piperazine rings is 1. The summed E-state index contributed by atoms with van der Waals surface area (Å²) in [6, 6.07) is 12.9. The van der Waals surface area contributed by atoms with Gasteiger partial charge in [-0.05, 0) is 45.0 Å². The van der Waals surface area contributed by atoms with Crippen molar-refractivity contribution in [2.45, 2.75) is 26.0 Å². The lowest BCUT2D eigenvalue weighted by molar-refractivity contribution is -0.104. The third-order valence-corrected chi connectivity index (χ3v) is 7.44. The summed E-state index contributed by atoms with van der Waals surface area (Å²) >= 11 is 0. The first-order valence-corrected chi connectivity index (χ1v) is 14.2. The van der Waals surface area contributed by atoms with Crippen molar-refractivity contribution >= 4 is 28.6 Å². The smallest absolute Gasteiger partial charge is 0.318 e. The van der Waals surface area contributed by atoms with Gasteiger partial charge in [-0.2, -0.15) is 9.97 Å². The van der Waals surface area contributed by atoms with Gasteiger partial charge in [0.15, 0.2) is 6.79 Å². The molecule has 2 aliphatic heterocycles. The van der Waals surface area contributed by atoms with E-state index in [0.29, 0.717) is 12.6 Å². The van der Waals surface area contributed by atoms with Crippen LogP contribution in [0.2, 0.25) is 0 Å². The van der Waals surface area contributed by atoms with Crippen LogP contribution in [-0.2, 0) is 22.5 Å². The third-order valence-electron chi connectivity index (χ3n) is 7.44. The lowest BCUT2D eigenvalue weighted by Crippen LogP contribution is -2.45. The molecule has 3 heterocycles. The molecule has 0 spiro atoms. The summed E-state index contributed by atoms with van der Waals surface area (Å²) in [5, 5.41) is 2.29. The first-order chi connectivity index (χ1) is 19.9. The van der Waals surface area contributed by atoms with Gasteiger partial charge in [-0.25, -0.2) is 0 Å². The number of allylic oxidation sites excluding steroid dienone is 1. The van der Waals surface area contributed by atoms with E-state index >= 15 is 0 Å². The number of anilines is 2. The van der Waals surface area contributed by atoms with E-state index in [4.69, 9.17) is 24.2 Å². The Hall–Kier alpha value is -3.89. The molecule has 0 radical (unpaired) electrons. The zero-order valence-corrected chi connectivity index (χ0v) is 24.5. The first kappa shape index (κ1) is 28.6. The highest BCUT2D eigenvalue weighted by molar-refractivity contribution is 5.95. The minimum atomic E-state index is -0.0560. The predicted octanol–water partition coefficient (Wildman–Crippen LogP) is 3.34. The average molecular weight is 561 g/mol. The summed E-state index contributed by atoms with van der Waals surface area (Å²) in [4.78, 5) is 29.7. The van der Waals surface area contributed by atoms with Crippen LogP contribution in [-0.4, -0.2) is 99.4 Å². The van der Waals surface area contributed by atoms with Gasteiger partial charge in [-0.1, -0.05) is 24.3 Å². The summed E-state index contributed by atoms with van der Waals surface area (Å²) in [6.45, 7) is 7.75. The van der Waals surface area contributed by atoms with Gasteiger partial charge in [0.2, 0.25) is 0 Å². The van der Waals surface area contributed by atoms with E-state index in [1.54, 1.807) is 13.2 Å². The van der Waals surface area contributed by atoms with Crippen molar-refractivity contribution in [3.63, 3.8) is 0 Å². The summed E-state index contributed by atoms with van der Waals surface area (Å²) in [7, 11) is 5.69. The Morgan fingerprint density at radius 2 is 1.85 bits per heavy atom. The molecule has 1 atom stereocenters. The van der Waals surface area contributed by atoms with Crippen LogP contribution in [0.1, 0.15) is 18.2 Å². The number of ether oxygens (including phenoxy) is 3. The number of nitrogens with zero attached hydrogens (tertiary/aromatic N) is 6. The maximum atomic E-state index is 10.8. The van der Waals surface area contributed by atoms with Gasteiger partial charge in [-0.15, -0.1) is 0 Å². The minimum absolute atomic E-state index is 0.0560. The molecule has 0 amide bonds. The second-order valence-electron chi connectivity index (χ2n) is 10.8. The summed E-state index contributed by atoms with van der Waals surface area (Å²) in [5.74, 6) is 1.74. The molecule has 5 rings (SSSR count). The van der Waals surface area contributed by atoms with Gasteiger partial charge >= 0.3 is 6.01 Å². The molecule has 1 fully saturated rings. The zero-order chi connectivity index (χ0) is 28.8. The Morgan fingerprint density at radius 1 is 1.05 bits per heavy atom. The molecule has 0 saturated carbocycles. The lowest BCUT2D eigenvalue weighted by atomic mass is 10.0. The standard InChI is InChI=1S/C31H40N6O4/c1-23(20-34(2)3)41-31-32-28-21-37(29-19-25(40-22-39-4)18-24-8-5-6-9-26(24)29)12-10-27(28)30(33-31)36-15-13-35(14-16-36)11-7-17-38/h5-9,11,17-19,23H,10,12-16,20-22H2,1-4H3/t23-/m1/s1. The van der Waals surface area contributed by atoms with Crippen LogP contribution in [0.5, 0.6) is 11.8 Å². The van der Waals surface area contributed by atoms with E-state index in [1.165, 1.54) is 10.9 Å². The molecule has 10 nitrogen and oxygen atoms in total. The maximum Gasteiger partial charge on any atom is 0.318 e. The quantitative estimate of drug-likeness (QED) is 0.198. The molecule has 2 aliphatic rings. The molecule has 1 aromatic heterocycles. The number of aromatic nitrogens is 2. The second-order valence-corrected chi connectivity index (χ2v) is 10.8. The fraction of sp³-hybridized carbons (Fsp3) is 0.452. The Balaban J connectivity index is 1.47. The molecule has 2 aromatic carbocycles. The number of likely N-dealkylation sites (N-methyl/N-ethyl adjacent to an activating group) is 1. The van der Waals surface area contributed by atoms with Crippen LogP contribution in [0.25, 0.3) is 10.8 Å². The van der Waals surface area contributed by atoms with Crippen LogP contribution in [0.3, 0.4) is 0 Å². The van der Waals surface area contributed by atoms with Crippen molar-refractivity contribution in [2.24, 2.45) is 0 Å².